The Morgan fingerprint density at radius 1 is 1.11 bits per heavy atom. The van der Waals surface area contributed by atoms with E-state index in [1.165, 1.54) is 0 Å². The highest BCUT2D eigenvalue weighted by Gasteiger charge is 2.02. The molecule has 0 atom stereocenters. The number of anilines is 1. The van der Waals surface area contributed by atoms with Crippen LogP contribution in [-0.4, -0.2) is 24.2 Å². The number of hydrogen-bond acceptors (Lipinski definition) is 5. The minimum Gasteiger partial charge on any atom is -0.481 e. The largest absolute Gasteiger partial charge is 0.481 e. The quantitative estimate of drug-likeness (QED) is 0.874. The van der Waals surface area contributed by atoms with Gasteiger partial charge in [-0.15, -0.1) is 0 Å². The second-order valence-corrected chi connectivity index (χ2v) is 3.62. The summed E-state index contributed by atoms with van der Waals surface area (Å²) in [5.41, 5.74) is 1.91. The summed E-state index contributed by atoms with van der Waals surface area (Å²) in [6.45, 7) is 0.652. The van der Waals surface area contributed by atoms with Gasteiger partial charge in [-0.3, -0.25) is 0 Å². The van der Waals surface area contributed by atoms with E-state index in [9.17, 15) is 0 Å². The van der Waals surface area contributed by atoms with Crippen molar-refractivity contribution in [2.24, 2.45) is 0 Å². The van der Waals surface area contributed by atoms with Crippen LogP contribution in [-0.2, 0) is 6.54 Å². The molecular weight excluding hydrogens is 230 g/mol. The first kappa shape index (κ1) is 12.2. The zero-order chi connectivity index (χ0) is 12.8. The summed E-state index contributed by atoms with van der Waals surface area (Å²) in [7, 11) is 3.20. The molecule has 2 aromatic rings. The third-order valence-electron chi connectivity index (χ3n) is 2.45. The van der Waals surface area contributed by atoms with E-state index in [2.05, 4.69) is 15.3 Å². The fourth-order valence-corrected chi connectivity index (χ4v) is 1.52. The molecule has 0 aromatic carbocycles. The Balaban J connectivity index is 2.02. The molecule has 5 nitrogen and oxygen atoms in total. The van der Waals surface area contributed by atoms with E-state index in [4.69, 9.17) is 9.47 Å². The van der Waals surface area contributed by atoms with Gasteiger partial charge in [0.05, 0.1) is 19.9 Å². The molecule has 2 rings (SSSR count). The van der Waals surface area contributed by atoms with Crippen LogP contribution in [0.25, 0.3) is 0 Å². The lowest BCUT2D eigenvalue weighted by Gasteiger charge is -2.09. The Hall–Kier alpha value is -2.30. The lowest BCUT2D eigenvalue weighted by molar-refractivity contribution is 0.397. The standard InChI is InChI=1S/C13H15N3O2/c1-17-12-6-5-10(9-16-12)8-15-11-4-3-7-14-13(11)18-2/h3-7,9,15H,8H2,1-2H3. The first-order chi connectivity index (χ1) is 8.83. The molecule has 2 aromatic heterocycles. The molecule has 0 saturated carbocycles. The molecule has 0 aliphatic rings. The first-order valence-corrected chi connectivity index (χ1v) is 5.55. The van der Waals surface area contributed by atoms with E-state index in [0.29, 0.717) is 18.3 Å². The van der Waals surface area contributed by atoms with E-state index < -0.39 is 0 Å². The Kier molecular flexibility index (Phi) is 3.96. The average Bonchev–Trinajstić information content (AvgIpc) is 2.46. The van der Waals surface area contributed by atoms with Gasteiger partial charge in [-0.2, -0.15) is 0 Å². The van der Waals surface area contributed by atoms with Gasteiger partial charge in [0.1, 0.15) is 0 Å². The first-order valence-electron chi connectivity index (χ1n) is 5.55. The highest BCUT2D eigenvalue weighted by Crippen LogP contribution is 2.20. The summed E-state index contributed by atoms with van der Waals surface area (Å²) in [6, 6.07) is 7.57. The van der Waals surface area contributed by atoms with Gasteiger partial charge in [0.15, 0.2) is 0 Å². The van der Waals surface area contributed by atoms with E-state index >= 15 is 0 Å². The number of rotatable bonds is 5. The average molecular weight is 245 g/mol. The fourth-order valence-electron chi connectivity index (χ4n) is 1.52. The predicted octanol–water partition coefficient (Wildman–Crippen LogP) is 2.11. The maximum absolute atomic E-state index is 5.16. The van der Waals surface area contributed by atoms with Crippen molar-refractivity contribution in [1.29, 1.82) is 0 Å². The molecule has 18 heavy (non-hydrogen) atoms. The third kappa shape index (κ3) is 2.88. The molecule has 5 heteroatoms. The molecule has 0 aliphatic carbocycles. The van der Waals surface area contributed by atoms with Gasteiger partial charge < -0.3 is 14.8 Å². The molecule has 0 saturated heterocycles. The zero-order valence-electron chi connectivity index (χ0n) is 10.4. The summed E-state index contributed by atoms with van der Waals surface area (Å²) >= 11 is 0. The van der Waals surface area contributed by atoms with Crippen molar-refractivity contribution < 1.29 is 9.47 Å². The SMILES string of the molecule is COc1ccc(CNc2cccnc2OC)cn1. The van der Waals surface area contributed by atoms with Crippen LogP contribution in [0.1, 0.15) is 5.56 Å². The number of ether oxygens (including phenoxy) is 2. The second-order valence-electron chi connectivity index (χ2n) is 3.62. The lowest BCUT2D eigenvalue weighted by atomic mass is 10.2. The van der Waals surface area contributed by atoms with Crippen LogP contribution in [0.15, 0.2) is 36.7 Å². The molecule has 0 unspecified atom stereocenters. The molecule has 0 spiro atoms. The number of nitrogens with zero attached hydrogens (tertiary/aromatic N) is 2. The Morgan fingerprint density at radius 2 is 2.00 bits per heavy atom. The van der Waals surface area contributed by atoms with Gasteiger partial charge >= 0.3 is 0 Å². The summed E-state index contributed by atoms with van der Waals surface area (Å²) < 4.78 is 10.2. The van der Waals surface area contributed by atoms with Crippen molar-refractivity contribution in [2.45, 2.75) is 6.54 Å². The van der Waals surface area contributed by atoms with Crippen LogP contribution < -0.4 is 14.8 Å². The minimum absolute atomic E-state index is 0.582. The Morgan fingerprint density at radius 3 is 2.67 bits per heavy atom. The predicted molar refractivity (Wildman–Crippen MR) is 68.9 cm³/mol. The minimum atomic E-state index is 0.582. The summed E-state index contributed by atoms with van der Waals surface area (Å²) in [5.74, 6) is 1.19. The number of hydrogen-bond donors (Lipinski definition) is 1. The summed E-state index contributed by atoms with van der Waals surface area (Å²) in [6.07, 6.45) is 3.47. The maximum Gasteiger partial charge on any atom is 0.237 e. The fraction of sp³-hybridized carbons (Fsp3) is 0.231. The second kappa shape index (κ2) is 5.86. The van der Waals surface area contributed by atoms with E-state index in [-0.39, 0.29) is 0 Å². The molecule has 94 valence electrons. The molecule has 0 radical (unpaired) electrons. The van der Waals surface area contributed by atoms with Gasteiger partial charge in [-0.05, 0) is 17.7 Å². The highest BCUT2D eigenvalue weighted by atomic mass is 16.5. The number of methoxy groups -OCH3 is 2. The normalized spacial score (nSPS) is 9.89. The zero-order valence-corrected chi connectivity index (χ0v) is 10.4. The number of pyridine rings is 2. The van der Waals surface area contributed by atoms with Crippen LogP contribution in [0.5, 0.6) is 11.8 Å². The number of nitrogens with one attached hydrogen (secondary N) is 1. The van der Waals surface area contributed by atoms with Crippen LogP contribution in [0.4, 0.5) is 5.69 Å². The van der Waals surface area contributed by atoms with Gasteiger partial charge in [-0.1, -0.05) is 6.07 Å². The van der Waals surface area contributed by atoms with Gasteiger partial charge in [0.2, 0.25) is 11.8 Å². The van der Waals surface area contributed by atoms with Crippen molar-refractivity contribution in [3.8, 4) is 11.8 Å². The molecule has 0 bridgehead atoms. The molecule has 0 amide bonds. The van der Waals surface area contributed by atoms with Gasteiger partial charge in [0, 0.05) is 25.0 Å². The van der Waals surface area contributed by atoms with E-state index in [1.54, 1.807) is 26.6 Å². The molecule has 0 aliphatic heterocycles. The van der Waals surface area contributed by atoms with Crippen LogP contribution in [0.3, 0.4) is 0 Å². The summed E-state index contributed by atoms with van der Waals surface area (Å²) in [4.78, 5) is 8.26. The third-order valence-corrected chi connectivity index (χ3v) is 2.45. The van der Waals surface area contributed by atoms with Crippen LogP contribution in [0, 0.1) is 0 Å². The maximum atomic E-state index is 5.16. The highest BCUT2D eigenvalue weighted by molar-refractivity contribution is 5.52. The van der Waals surface area contributed by atoms with Crippen LogP contribution >= 0.6 is 0 Å². The van der Waals surface area contributed by atoms with Gasteiger partial charge in [0.25, 0.3) is 0 Å². The van der Waals surface area contributed by atoms with Crippen molar-refractivity contribution in [2.75, 3.05) is 19.5 Å². The van der Waals surface area contributed by atoms with Gasteiger partial charge in [-0.25, -0.2) is 9.97 Å². The number of aromatic nitrogens is 2. The lowest BCUT2D eigenvalue weighted by Crippen LogP contribution is -2.02. The van der Waals surface area contributed by atoms with E-state index in [0.717, 1.165) is 11.3 Å². The van der Waals surface area contributed by atoms with Crippen molar-refractivity contribution in [1.82, 2.24) is 9.97 Å². The Bertz CT molecular complexity index is 500. The molecular formula is C13H15N3O2. The summed E-state index contributed by atoms with van der Waals surface area (Å²) in [5, 5.41) is 3.25. The van der Waals surface area contributed by atoms with Crippen molar-refractivity contribution >= 4 is 5.69 Å². The van der Waals surface area contributed by atoms with Crippen molar-refractivity contribution in [3.05, 3.63) is 42.2 Å². The smallest absolute Gasteiger partial charge is 0.237 e. The van der Waals surface area contributed by atoms with E-state index in [1.807, 2.05) is 24.3 Å². The molecule has 2 heterocycles. The molecule has 0 fully saturated rings. The monoisotopic (exact) mass is 245 g/mol. The van der Waals surface area contributed by atoms with Crippen LogP contribution in [0.2, 0.25) is 0 Å². The Labute approximate surface area is 106 Å². The molecule has 1 N–H and O–H groups in total. The topological polar surface area (TPSA) is 56.3 Å². The van der Waals surface area contributed by atoms with Crippen molar-refractivity contribution in [3.63, 3.8) is 0 Å².